The van der Waals surface area contributed by atoms with Gasteiger partial charge in [0.15, 0.2) is 5.16 Å². The van der Waals surface area contributed by atoms with E-state index < -0.39 is 0 Å². The Labute approximate surface area is 204 Å². The van der Waals surface area contributed by atoms with Gasteiger partial charge in [-0.2, -0.15) is 0 Å². The Balaban J connectivity index is 1.31. The molecule has 174 valence electrons. The number of hydrogen-bond acceptors (Lipinski definition) is 7. The maximum atomic E-state index is 12.9. The van der Waals surface area contributed by atoms with Gasteiger partial charge in [0.05, 0.1) is 31.9 Å². The third-order valence-corrected chi connectivity index (χ3v) is 7.47. The molecule has 10 heteroatoms. The van der Waals surface area contributed by atoms with Gasteiger partial charge in [-0.05, 0) is 37.6 Å². The number of aromatic nitrogens is 5. The molecule has 0 fully saturated rings. The smallest absolute Gasteiger partial charge is 0.262 e. The molecule has 0 saturated heterocycles. The number of hydrogen-bond donors (Lipinski definition) is 1. The zero-order valence-electron chi connectivity index (χ0n) is 18.9. The fraction of sp³-hybridized carbons (Fsp3) is 0.292. The zero-order valence-corrected chi connectivity index (χ0v) is 20.5. The van der Waals surface area contributed by atoms with Gasteiger partial charge in [0.1, 0.15) is 0 Å². The molecule has 0 aliphatic carbocycles. The number of benzene rings is 2. The molecule has 5 rings (SSSR count). The van der Waals surface area contributed by atoms with E-state index in [-0.39, 0.29) is 23.3 Å². The molecule has 34 heavy (non-hydrogen) atoms. The van der Waals surface area contributed by atoms with Crippen LogP contribution in [0.5, 0.6) is 0 Å². The molecule has 0 aliphatic rings. The van der Waals surface area contributed by atoms with Crippen molar-refractivity contribution in [2.75, 3.05) is 5.75 Å². The molecule has 0 bridgehead atoms. The van der Waals surface area contributed by atoms with Crippen molar-refractivity contribution in [1.82, 2.24) is 29.5 Å². The summed E-state index contributed by atoms with van der Waals surface area (Å²) in [5.74, 6) is 0.617. The van der Waals surface area contributed by atoms with Crippen LogP contribution in [-0.2, 0) is 17.8 Å². The molecule has 0 radical (unpaired) electrons. The van der Waals surface area contributed by atoms with Crippen molar-refractivity contribution < 1.29 is 4.79 Å². The first-order chi connectivity index (χ1) is 16.5. The first-order valence-electron chi connectivity index (χ1n) is 11.2. The minimum absolute atomic E-state index is 0.0423. The highest BCUT2D eigenvalue weighted by atomic mass is 32.2. The molecule has 1 N–H and O–H groups in total. The number of carbonyl (C=O) groups excluding carboxylic acids is 1. The summed E-state index contributed by atoms with van der Waals surface area (Å²) in [4.78, 5) is 30.3. The predicted molar refractivity (Wildman–Crippen MR) is 137 cm³/mol. The van der Waals surface area contributed by atoms with E-state index in [9.17, 15) is 9.59 Å². The quantitative estimate of drug-likeness (QED) is 0.330. The molecule has 1 unspecified atom stereocenters. The first kappa shape index (κ1) is 22.5. The number of fused-ring (bicyclic) bond motifs is 4. The maximum absolute atomic E-state index is 12.9. The van der Waals surface area contributed by atoms with Crippen LogP contribution in [0.1, 0.15) is 25.3 Å². The number of para-hydroxylation sites is 2. The second-order valence-electron chi connectivity index (χ2n) is 8.13. The number of aryl methyl sites for hydroxylation is 1. The van der Waals surface area contributed by atoms with Gasteiger partial charge in [-0.3, -0.25) is 18.6 Å². The van der Waals surface area contributed by atoms with E-state index in [0.717, 1.165) is 27.2 Å². The van der Waals surface area contributed by atoms with E-state index in [1.807, 2.05) is 60.7 Å². The number of amides is 1. The molecule has 5 aromatic rings. The van der Waals surface area contributed by atoms with Crippen LogP contribution in [0.2, 0.25) is 0 Å². The molecule has 3 aromatic heterocycles. The Kier molecular flexibility index (Phi) is 6.34. The van der Waals surface area contributed by atoms with Crippen LogP contribution < -0.4 is 10.9 Å². The normalized spacial score (nSPS) is 12.5. The number of carbonyl (C=O) groups is 1. The van der Waals surface area contributed by atoms with Crippen LogP contribution in [0.15, 0.2) is 58.5 Å². The Morgan fingerprint density at radius 1 is 1.15 bits per heavy atom. The number of rotatable bonds is 8. The Morgan fingerprint density at radius 3 is 2.76 bits per heavy atom. The highest BCUT2D eigenvalue weighted by molar-refractivity contribution is 7.99. The van der Waals surface area contributed by atoms with Crippen molar-refractivity contribution in [3.05, 3.63) is 63.9 Å². The zero-order chi connectivity index (χ0) is 23.7. The Morgan fingerprint density at radius 2 is 1.94 bits per heavy atom. The largest absolute Gasteiger partial charge is 0.352 e. The van der Waals surface area contributed by atoms with Crippen molar-refractivity contribution >= 4 is 55.9 Å². The predicted octanol–water partition coefficient (Wildman–Crippen LogP) is 3.90. The van der Waals surface area contributed by atoms with Gasteiger partial charge in [-0.1, -0.05) is 43.0 Å². The molecule has 3 heterocycles. The molecular formula is C24H24N6O2S2. The van der Waals surface area contributed by atoms with Crippen LogP contribution in [-0.4, -0.2) is 41.9 Å². The fourth-order valence-corrected chi connectivity index (χ4v) is 5.87. The summed E-state index contributed by atoms with van der Waals surface area (Å²) < 4.78 is 4.67. The van der Waals surface area contributed by atoms with Gasteiger partial charge >= 0.3 is 0 Å². The van der Waals surface area contributed by atoms with Gasteiger partial charge in [0.25, 0.3) is 5.56 Å². The molecule has 0 saturated carbocycles. The fourth-order valence-electron chi connectivity index (χ4n) is 4.02. The van der Waals surface area contributed by atoms with Gasteiger partial charge in [0.2, 0.25) is 11.7 Å². The molecule has 8 nitrogen and oxygen atoms in total. The van der Waals surface area contributed by atoms with Gasteiger partial charge < -0.3 is 5.32 Å². The van der Waals surface area contributed by atoms with Crippen LogP contribution in [0.3, 0.4) is 0 Å². The first-order valence-corrected chi connectivity index (χ1v) is 13.0. The van der Waals surface area contributed by atoms with E-state index in [1.165, 1.54) is 11.8 Å². The van der Waals surface area contributed by atoms with E-state index >= 15 is 0 Å². The topological polar surface area (TPSA) is 94.2 Å². The lowest BCUT2D eigenvalue weighted by molar-refractivity contribution is -0.119. The van der Waals surface area contributed by atoms with Crippen LogP contribution in [0, 0.1) is 0 Å². The van der Waals surface area contributed by atoms with Gasteiger partial charge in [-0.25, -0.2) is 4.98 Å². The van der Waals surface area contributed by atoms with Crippen LogP contribution in [0.4, 0.5) is 0 Å². The number of nitrogens with zero attached hydrogens (tertiary/aromatic N) is 5. The van der Waals surface area contributed by atoms with E-state index in [0.29, 0.717) is 29.3 Å². The summed E-state index contributed by atoms with van der Waals surface area (Å²) in [6.45, 7) is 4.56. The van der Waals surface area contributed by atoms with E-state index in [1.54, 1.807) is 15.9 Å². The molecule has 0 spiro atoms. The van der Waals surface area contributed by atoms with Crippen LogP contribution >= 0.6 is 23.1 Å². The second kappa shape index (κ2) is 9.55. The van der Waals surface area contributed by atoms with Crippen molar-refractivity contribution in [3.8, 4) is 0 Å². The molecule has 1 atom stereocenters. The minimum Gasteiger partial charge on any atom is -0.352 e. The number of nitrogens with one attached hydrogen (secondary N) is 1. The summed E-state index contributed by atoms with van der Waals surface area (Å²) in [5, 5.41) is 13.8. The van der Waals surface area contributed by atoms with Crippen molar-refractivity contribution in [2.24, 2.45) is 0 Å². The Hall–Kier alpha value is -3.24. The van der Waals surface area contributed by atoms with E-state index in [2.05, 4.69) is 26.6 Å². The van der Waals surface area contributed by atoms with Gasteiger partial charge in [0, 0.05) is 19.0 Å². The van der Waals surface area contributed by atoms with Gasteiger partial charge in [-0.15, -0.1) is 21.5 Å². The highest BCUT2D eigenvalue weighted by Crippen LogP contribution is 2.23. The summed E-state index contributed by atoms with van der Waals surface area (Å²) in [7, 11) is 0. The Bertz CT molecular complexity index is 1520. The summed E-state index contributed by atoms with van der Waals surface area (Å²) >= 11 is 2.97. The SMILES string of the molecule is CCCn1c(=O)c2ccccc2n2c(SCC(=O)NC(C)Cc3nc4ccccc4s3)nnc12. The monoisotopic (exact) mass is 492 g/mol. The van der Waals surface area contributed by atoms with Crippen molar-refractivity contribution in [2.45, 2.75) is 44.4 Å². The van der Waals surface area contributed by atoms with Crippen LogP contribution in [0.25, 0.3) is 26.9 Å². The van der Waals surface area contributed by atoms with Crippen molar-refractivity contribution in [3.63, 3.8) is 0 Å². The summed E-state index contributed by atoms with van der Waals surface area (Å²) in [5.41, 5.74) is 1.66. The summed E-state index contributed by atoms with van der Waals surface area (Å²) in [6, 6.07) is 15.4. The summed E-state index contributed by atoms with van der Waals surface area (Å²) in [6.07, 6.45) is 1.48. The number of thiazole rings is 1. The standard InChI is InChI=1S/C24H24N6O2S2/c1-3-12-29-22(32)16-8-4-6-10-18(16)30-23(29)27-28-24(30)33-14-20(31)25-15(2)13-21-26-17-9-5-7-11-19(17)34-21/h4-11,15H,3,12-14H2,1-2H3,(H,25,31). The minimum atomic E-state index is -0.0819. The second-order valence-corrected chi connectivity index (χ2v) is 10.2. The molecule has 0 aliphatic heterocycles. The third kappa shape index (κ3) is 4.30. The van der Waals surface area contributed by atoms with E-state index in [4.69, 9.17) is 0 Å². The van der Waals surface area contributed by atoms with Crippen molar-refractivity contribution in [1.29, 1.82) is 0 Å². The lowest BCUT2D eigenvalue weighted by Gasteiger charge is -2.12. The highest BCUT2D eigenvalue weighted by Gasteiger charge is 2.18. The molecule has 1 amide bonds. The maximum Gasteiger partial charge on any atom is 0.262 e. The molecule has 2 aromatic carbocycles. The molecular weight excluding hydrogens is 468 g/mol. The average Bonchev–Trinajstić information content (AvgIpc) is 3.44. The average molecular weight is 493 g/mol. The number of thioether (sulfide) groups is 1. The third-order valence-electron chi connectivity index (χ3n) is 5.48. The lowest BCUT2D eigenvalue weighted by Crippen LogP contribution is -2.35. The lowest BCUT2D eigenvalue weighted by atomic mass is 10.2.